The molecular weight excluding hydrogens is 312 g/mol. The van der Waals surface area contributed by atoms with Crippen LogP contribution in [0.3, 0.4) is 0 Å². The molecule has 0 spiro atoms. The number of aromatic nitrogens is 3. The van der Waals surface area contributed by atoms with E-state index < -0.39 is 0 Å². The Morgan fingerprint density at radius 3 is 3.04 bits per heavy atom. The maximum absolute atomic E-state index is 12.0. The summed E-state index contributed by atoms with van der Waals surface area (Å²) in [4.78, 5) is 15.2. The summed E-state index contributed by atoms with van der Waals surface area (Å²) >= 11 is 1.28. The van der Waals surface area contributed by atoms with E-state index in [0.717, 1.165) is 29.3 Å². The van der Waals surface area contributed by atoms with Crippen molar-refractivity contribution in [2.24, 2.45) is 0 Å². The number of rotatable bonds is 5. The molecule has 0 aliphatic heterocycles. The SMILES string of the molecule is C[C@H](Sc1nnc(-c2c[nH]c3ccccc23)o1)C(=O)NC1CC1. The molecule has 2 heterocycles. The Balaban J connectivity index is 1.51. The molecule has 0 radical (unpaired) electrons. The molecule has 4 rings (SSSR count). The highest BCUT2D eigenvalue weighted by molar-refractivity contribution is 8.00. The van der Waals surface area contributed by atoms with Gasteiger partial charge in [-0.25, -0.2) is 0 Å². The number of hydrogen-bond donors (Lipinski definition) is 2. The monoisotopic (exact) mass is 328 g/mol. The van der Waals surface area contributed by atoms with Gasteiger partial charge in [-0.1, -0.05) is 30.0 Å². The molecule has 1 amide bonds. The highest BCUT2D eigenvalue weighted by Crippen LogP contribution is 2.31. The normalized spacial score (nSPS) is 15.7. The van der Waals surface area contributed by atoms with Crippen LogP contribution in [0.15, 0.2) is 40.1 Å². The number of carbonyl (C=O) groups is 1. The summed E-state index contributed by atoms with van der Waals surface area (Å²) in [6.45, 7) is 1.85. The minimum Gasteiger partial charge on any atom is -0.411 e. The summed E-state index contributed by atoms with van der Waals surface area (Å²) in [5.41, 5.74) is 1.89. The number of aromatic amines is 1. The van der Waals surface area contributed by atoms with Crippen molar-refractivity contribution in [3.63, 3.8) is 0 Å². The molecule has 0 unspecified atom stereocenters. The van der Waals surface area contributed by atoms with E-state index in [2.05, 4.69) is 20.5 Å². The summed E-state index contributed by atoms with van der Waals surface area (Å²) < 4.78 is 5.72. The predicted molar refractivity (Wildman–Crippen MR) is 88.1 cm³/mol. The zero-order chi connectivity index (χ0) is 15.8. The van der Waals surface area contributed by atoms with Crippen molar-refractivity contribution in [3.8, 4) is 11.5 Å². The van der Waals surface area contributed by atoms with E-state index in [0.29, 0.717) is 17.2 Å². The molecule has 1 atom stereocenters. The Morgan fingerprint density at radius 1 is 1.39 bits per heavy atom. The van der Waals surface area contributed by atoms with Crippen molar-refractivity contribution in [1.82, 2.24) is 20.5 Å². The van der Waals surface area contributed by atoms with Gasteiger partial charge < -0.3 is 14.7 Å². The average molecular weight is 328 g/mol. The van der Waals surface area contributed by atoms with Gasteiger partial charge >= 0.3 is 0 Å². The second-order valence-corrected chi connectivity index (χ2v) is 6.96. The lowest BCUT2D eigenvalue weighted by molar-refractivity contribution is -0.120. The van der Waals surface area contributed by atoms with Gasteiger partial charge in [-0.15, -0.1) is 10.2 Å². The van der Waals surface area contributed by atoms with Crippen molar-refractivity contribution >= 4 is 28.6 Å². The van der Waals surface area contributed by atoms with Crippen molar-refractivity contribution in [1.29, 1.82) is 0 Å². The summed E-state index contributed by atoms with van der Waals surface area (Å²) in [5.74, 6) is 0.476. The van der Waals surface area contributed by atoms with E-state index in [9.17, 15) is 4.79 Å². The first-order valence-corrected chi connectivity index (χ1v) is 8.45. The second-order valence-electron chi connectivity index (χ2n) is 5.66. The van der Waals surface area contributed by atoms with Crippen LogP contribution in [-0.2, 0) is 4.79 Å². The first kappa shape index (κ1) is 14.3. The number of nitrogens with zero attached hydrogens (tertiary/aromatic N) is 2. The Bertz CT molecular complexity index is 853. The van der Waals surface area contributed by atoms with Crippen molar-refractivity contribution in [2.75, 3.05) is 0 Å². The van der Waals surface area contributed by atoms with Crippen LogP contribution < -0.4 is 5.32 Å². The topological polar surface area (TPSA) is 83.8 Å². The molecule has 1 fully saturated rings. The van der Waals surface area contributed by atoms with Crippen LogP contribution >= 0.6 is 11.8 Å². The molecule has 1 aromatic carbocycles. The van der Waals surface area contributed by atoms with E-state index in [1.54, 1.807) is 0 Å². The third-order valence-corrected chi connectivity index (χ3v) is 4.73. The van der Waals surface area contributed by atoms with E-state index in [1.807, 2.05) is 37.4 Å². The maximum atomic E-state index is 12.0. The third-order valence-electron chi connectivity index (χ3n) is 3.80. The highest BCUT2D eigenvalue weighted by atomic mass is 32.2. The van der Waals surface area contributed by atoms with E-state index in [4.69, 9.17) is 4.42 Å². The Morgan fingerprint density at radius 2 is 2.22 bits per heavy atom. The van der Waals surface area contributed by atoms with Crippen LogP contribution in [0, 0.1) is 0 Å². The quantitative estimate of drug-likeness (QED) is 0.704. The Hall–Kier alpha value is -2.28. The van der Waals surface area contributed by atoms with Gasteiger partial charge in [0.2, 0.25) is 5.91 Å². The van der Waals surface area contributed by atoms with Gasteiger partial charge in [-0.05, 0) is 25.8 Å². The number of thioether (sulfide) groups is 1. The fourth-order valence-electron chi connectivity index (χ4n) is 2.37. The highest BCUT2D eigenvalue weighted by Gasteiger charge is 2.27. The first-order valence-electron chi connectivity index (χ1n) is 7.58. The predicted octanol–water partition coefficient (Wildman–Crippen LogP) is 2.98. The number of amides is 1. The second kappa shape index (κ2) is 5.73. The summed E-state index contributed by atoms with van der Waals surface area (Å²) in [5, 5.41) is 12.3. The smallest absolute Gasteiger partial charge is 0.277 e. The van der Waals surface area contributed by atoms with E-state index in [1.165, 1.54) is 11.8 Å². The third kappa shape index (κ3) is 2.96. The van der Waals surface area contributed by atoms with Crippen LogP contribution in [-0.4, -0.2) is 32.4 Å². The maximum Gasteiger partial charge on any atom is 0.277 e. The standard InChI is InChI=1S/C16H16N4O2S/c1-9(14(21)18-10-6-7-10)23-16-20-19-15(22-16)12-8-17-13-5-3-2-4-11(12)13/h2-5,8-10,17H,6-7H2,1H3,(H,18,21)/t9-/m0/s1. The van der Waals surface area contributed by atoms with Gasteiger partial charge in [0, 0.05) is 23.1 Å². The molecule has 1 aliphatic rings. The van der Waals surface area contributed by atoms with E-state index >= 15 is 0 Å². The zero-order valence-electron chi connectivity index (χ0n) is 12.6. The number of fused-ring (bicyclic) bond motifs is 1. The van der Waals surface area contributed by atoms with E-state index in [-0.39, 0.29) is 11.2 Å². The largest absolute Gasteiger partial charge is 0.411 e. The van der Waals surface area contributed by atoms with Gasteiger partial charge in [0.15, 0.2) is 0 Å². The van der Waals surface area contributed by atoms with Gasteiger partial charge in [0.25, 0.3) is 11.1 Å². The summed E-state index contributed by atoms with van der Waals surface area (Å²) in [7, 11) is 0. The molecule has 6 nitrogen and oxygen atoms in total. The molecular formula is C16H16N4O2S. The number of para-hydroxylation sites is 1. The molecule has 0 bridgehead atoms. The molecule has 118 valence electrons. The lowest BCUT2D eigenvalue weighted by atomic mass is 10.2. The summed E-state index contributed by atoms with van der Waals surface area (Å²) in [6, 6.07) is 8.29. The first-order chi connectivity index (χ1) is 11.2. The molecule has 0 saturated heterocycles. The van der Waals surface area contributed by atoms with Crippen LogP contribution in [0.2, 0.25) is 0 Å². The number of benzene rings is 1. The van der Waals surface area contributed by atoms with Gasteiger partial charge in [0.1, 0.15) is 0 Å². The molecule has 2 N–H and O–H groups in total. The minimum atomic E-state index is -0.258. The van der Waals surface area contributed by atoms with Gasteiger partial charge in [-0.2, -0.15) is 0 Å². The fourth-order valence-corrected chi connectivity index (χ4v) is 3.06. The summed E-state index contributed by atoms with van der Waals surface area (Å²) in [6.07, 6.45) is 4.01. The number of H-pyrrole nitrogens is 1. The molecule has 1 aliphatic carbocycles. The number of nitrogens with one attached hydrogen (secondary N) is 2. The number of hydrogen-bond acceptors (Lipinski definition) is 5. The Labute approximate surface area is 137 Å². The zero-order valence-corrected chi connectivity index (χ0v) is 13.4. The van der Waals surface area contributed by atoms with Gasteiger partial charge in [-0.3, -0.25) is 4.79 Å². The average Bonchev–Trinajstić information content (AvgIpc) is 3.09. The van der Waals surface area contributed by atoms with Crippen LogP contribution in [0.5, 0.6) is 0 Å². The molecule has 2 aromatic heterocycles. The van der Waals surface area contributed by atoms with Crippen molar-refractivity contribution < 1.29 is 9.21 Å². The van der Waals surface area contributed by atoms with Crippen molar-refractivity contribution in [3.05, 3.63) is 30.5 Å². The molecule has 7 heteroatoms. The van der Waals surface area contributed by atoms with Crippen LogP contribution in [0.25, 0.3) is 22.4 Å². The lowest BCUT2D eigenvalue weighted by Gasteiger charge is -2.08. The lowest BCUT2D eigenvalue weighted by Crippen LogP contribution is -2.32. The molecule has 3 aromatic rings. The minimum absolute atomic E-state index is 0.0179. The number of carbonyl (C=O) groups excluding carboxylic acids is 1. The molecule has 23 heavy (non-hydrogen) atoms. The van der Waals surface area contributed by atoms with Crippen LogP contribution in [0.1, 0.15) is 19.8 Å². The van der Waals surface area contributed by atoms with Gasteiger partial charge in [0.05, 0.1) is 10.8 Å². The molecule has 1 saturated carbocycles. The van der Waals surface area contributed by atoms with Crippen LogP contribution in [0.4, 0.5) is 0 Å². The van der Waals surface area contributed by atoms with Crippen molar-refractivity contribution in [2.45, 2.75) is 36.3 Å². The fraction of sp³-hybridized carbons (Fsp3) is 0.312. The Kier molecular flexibility index (Phi) is 3.57.